The van der Waals surface area contributed by atoms with Gasteiger partial charge in [-0.05, 0) is 17.2 Å². The second-order valence-electron chi connectivity index (χ2n) is 7.63. The number of rotatable bonds is 8. The van der Waals surface area contributed by atoms with Crippen molar-refractivity contribution in [3.8, 4) is 0 Å². The molecule has 0 radical (unpaired) electrons. The van der Waals surface area contributed by atoms with E-state index >= 15 is 0 Å². The molecule has 1 amide bonds. The number of para-hydroxylation sites is 1. The number of benzene rings is 3. The highest BCUT2D eigenvalue weighted by molar-refractivity contribution is 6.18. The number of fused-ring (bicyclic) bond motifs is 1. The molecule has 0 aliphatic heterocycles. The van der Waals surface area contributed by atoms with Crippen molar-refractivity contribution < 1.29 is 24.2 Å². The van der Waals surface area contributed by atoms with Gasteiger partial charge in [-0.2, -0.15) is 0 Å². The molecule has 0 aliphatic rings. The number of H-pyrrole nitrogens is 1. The summed E-state index contributed by atoms with van der Waals surface area (Å²) in [6.07, 6.45) is 0.392. The van der Waals surface area contributed by atoms with Crippen LogP contribution in [0.15, 0.2) is 91.1 Å². The van der Waals surface area contributed by atoms with Crippen LogP contribution in [0.3, 0.4) is 0 Å². The number of carbonyl (C=O) groups is 3. The van der Waals surface area contributed by atoms with Crippen LogP contribution in [0.1, 0.15) is 21.5 Å². The van der Waals surface area contributed by atoms with E-state index in [0.29, 0.717) is 5.56 Å². The number of aromatic amines is 1. The monoisotopic (exact) mass is 442 g/mol. The summed E-state index contributed by atoms with van der Waals surface area (Å²) in [5.41, 5.74) is 0.0222. The maximum atomic E-state index is 13.5. The number of hydrogen-bond acceptors (Lipinski definition) is 4. The summed E-state index contributed by atoms with van der Waals surface area (Å²) >= 11 is 0. The van der Waals surface area contributed by atoms with Gasteiger partial charge in [-0.15, -0.1) is 0 Å². The Balaban J connectivity index is 1.69. The number of aromatic nitrogens is 1. The number of alkyl carbamates (subject to hydrolysis) is 1. The van der Waals surface area contributed by atoms with Crippen molar-refractivity contribution in [3.05, 3.63) is 108 Å². The van der Waals surface area contributed by atoms with Crippen LogP contribution in [0.25, 0.3) is 10.9 Å². The van der Waals surface area contributed by atoms with Crippen LogP contribution >= 0.6 is 0 Å². The topological polar surface area (TPSA) is 108 Å². The average Bonchev–Trinajstić information content (AvgIpc) is 3.25. The molecule has 0 aliphatic carbocycles. The Morgan fingerprint density at radius 3 is 2.21 bits per heavy atom. The van der Waals surface area contributed by atoms with E-state index in [1.807, 2.05) is 30.3 Å². The summed E-state index contributed by atoms with van der Waals surface area (Å²) in [5, 5.41) is 13.4. The van der Waals surface area contributed by atoms with E-state index in [-0.39, 0.29) is 18.6 Å². The van der Waals surface area contributed by atoms with Gasteiger partial charge in [-0.1, -0.05) is 78.9 Å². The van der Waals surface area contributed by atoms with Crippen LogP contribution in [0.5, 0.6) is 0 Å². The fourth-order valence-corrected chi connectivity index (χ4v) is 3.74. The normalized spacial score (nSPS) is 12.6. The van der Waals surface area contributed by atoms with E-state index in [0.717, 1.165) is 16.5 Å². The SMILES string of the molecule is O=C(N[C@@](Cc1c[nH]c2ccccc12)(C(=O)O)C(=O)c1ccccc1)OCc1ccccc1. The highest BCUT2D eigenvalue weighted by atomic mass is 16.5. The largest absolute Gasteiger partial charge is 0.479 e. The molecule has 0 spiro atoms. The Labute approximate surface area is 190 Å². The highest BCUT2D eigenvalue weighted by Gasteiger charge is 2.49. The standard InChI is InChI=1S/C26H22N2O5/c29-23(19-11-5-2-6-12-19)26(24(30)31,15-20-16-27-22-14-8-7-13-21(20)22)28-25(32)33-17-18-9-3-1-4-10-18/h1-14,16,27H,15,17H2,(H,28,32)(H,30,31)/t26-/m1/s1. The van der Waals surface area contributed by atoms with Gasteiger partial charge in [0.15, 0.2) is 5.78 Å². The lowest BCUT2D eigenvalue weighted by atomic mass is 9.83. The van der Waals surface area contributed by atoms with Gasteiger partial charge >= 0.3 is 12.1 Å². The van der Waals surface area contributed by atoms with E-state index in [4.69, 9.17) is 4.74 Å². The lowest BCUT2D eigenvalue weighted by Crippen LogP contribution is -2.61. The summed E-state index contributed by atoms with van der Waals surface area (Å²) < 4.78 is 5.25. The first-order valence-corrected chi connectivity index (χ1v) is 10.4. The number of carbonyl (C=O) groups excluding carboxylic acids is 2. The zero-order chi connectivity index (χ0) is 23.3. The van der Waals surface area contributed by atoms with Crippen molar-refractivity contribution in [2.75, 3.05) is 0 Å². The first-order valence-electron chi connectivity index (χ1n) is 10.4. The number of Topliss-reactive ketones (excluding diaryl/α,β-unsaturated/α-hetero) is 1. The number of carboxylic acids is 1. The molecule has 0 unspecified atom stereocenters. The van der Waals surface area contributed by atoms with Gasteiger partial charge in [-0.25, -0.2) is 9.59 Å². The molecule has 3 N–H and O–H groups in total. The molecular weight excluding hydrogens is 420 g/mol. The lowest BCUT2D eigenvalue weighted by molar-refractivity contribution is -0.142. The summed E-state index contributed by atoms with van der Waals surface area (Å²) in [6.45, 7) is -0.0605. The minimum atomic E-state index is -2.26. The van der Waals surface area contributed by atoms with Crippen LogP contribution in [0.2, 0.25) is 0 Å². The molecule has 7 nitrogen and oxygen atoms in total. The fraction of sp³-hybridized carbons (Fsp3) is 0.115. The van der Waals surface area contributed by atoms with Crippen molar-refractivity contribution in [3.63, 3.8) is 0 Å². The van der Waals surface area contributed by atoms with Gasteiger partial charge in [0.25, 0.3) is 0 Å². The zero-order valence-electron chi connectivity index (χ0n) is 17.7. The predicted molar refractivity (Wildman–Crippen MR) is 123 cm³/mol. The molecule has 33 heavy (non-hydrogen) atoms. The molecule has 7 heteroatoms. The van der Waals surface area contributed by atoms with E-state index in [2.05, 4.69) is 10.3 Å². The third-order valence-corrected chi connectivity index (χ3v) is 5.45. The minimum Gasteiger partial charge on any atom is -0.479 e. The quantitative estimate of drug-likeness (QED) is 0.278. The summed E-state index contributed by atoms with van der Waals surface area (Å²) in [4.78, 5) is 41.9. The molecular formula is C26H22N2O5. The molecule has 1 heterocycles. The van der Waals surface area contributed by atoms with Crippen molar-refractivity contribution in [1.29, 1.82) is 0 Å². The molecule has 0 fully saturated rings. The van der Waals surface area contributed by atoms with E-state index in [1.54, 1.807) is 48.7 Å². The summed E-state index contributed by atoms with van der Waals surface area (Å²) in [6, 6.07) is 24.4. The first-order chi connectivity index (χ1) is 16.0. The summed E-state index contributed by atoms with van der Waals surface area (Å²) in [5.74, 6) is -2.21. The number of ketones is 1. The van der Waals surface area contributed by atoms with Crippen LogP contribution in [0, 0.1) is 0 Å². The molecule has 0 saturated heterocycles. The number of amides is 1. The summed E-state index contributed by atoms with van der Waals surface area (Å²) in [7, 11) is 0. The van der Waals surface area contributed by atoms with Gasteiger partial charge in [-0.3, -0.25) is 10.1 Å². The molecule has 3 aromatic carbocycles. The maximum Gasteiger partial charge on any atom is 0.408 e. The molecule has 4 aromatic rings. The van der Waals surface area contributed by atoms with Crippen molar-refractivity contribution >= 4 is 28.7 Å². The minimum absolute atomic E-state index is 0.0605. The molecule has 0 saturated carbocycles. The number of ether oxygens (including phenoxy) is 1. The Kier molecular flexibility index (Phi) is 6.22. The second kappa shape index (κ2) is 9.40. The number of aliphatic carboxylic acids is 1. The van der Waals surface area contributed by atoms with Gasteiger partial charge in [0, 0.05) is 29.1 Å². The number of nitrogens with one attached hydrogen (secondary N) is 2. The fourth-order valence-electron chi connectivity index (χ4n) is 3.74. The van der Waals surface area contributed by atoms with Crippen molar-refractivity contribution in [1.82, 2.24) is 10.3 Å². The number of hydrogen-bond donors (Lipinski definition) is 3. The van der Waals surface area contributed by atoms with Gasteiger partial charge in [0.05, 0.1) is 0 Å². The highest BCUT2D eigenvalue weighted by Crippen LogP contribution is 2.26. The lowest BCUT2D eigenvalue weighted by Gasteiger charge is -2.29. The van der Waals surface area contributed by atoms with Gasteiger partial charge in [0.1, 0.15) is 6.61 Å². The molecule has 4 rings (SSSR count). The third kappa shape index (κ3) is 4.62. The Bertz CT molecular complexity index is 1280. The van der Waals surface area contributed by atoms with Gasteiger partial charge < -0.3 is 14.8 Å². The van der Waals surface area contributed by atoms with Crippen LogP contribution in [-0.4, -0.2) is 33.5 Å². The van der Waals surface area contributed by atoms with Gasteiger partial charge in [0.2, 0.25) is 5.54 Å². The van der Waals surface area contributed by atoms with Crippen LogP contribution in [0.4, 0.5) is 4.79 Å². The Hall–Kier alpha value is -4.39. The molecule has 166 valence electrons. The Morgan fingerprint density at radius 2 is 1.52 bits per heavy atom. The molecule has 1 aromatic heterocycles. The first kappa shape index (κ1) is 21.8. The van der Waals surface area contributed by atoms with E-state index in [1.165, 1.54) is 12.1 Å². The third-order valence-electron chi connectivity index (χ3n) is 5.45. The Morgan fingerprint density at radius 1 is 0.879 bits per heavy atom. The molecule has 0 bridgehead atoms. The number of carboxylic acid groups (broad SMARTS) is 1. The van der Waals surface area contributed by atoms with Crippen molar-refractivity contribution in [2.45, 2.75) is 18.6 Å². The van der Waals surface area contributed by atoms with E-state index < -0.39 is 23.4 Å². The molecule has 1 atom stereocenters. The maximum absolute atomic E-state index is 13.5. The predicted octanol–water partition coefficient (Wildman–Crippen LogP) is 4.34. The van der Waals surface area contributed by atoms with Crippen LogP contribution in [-0.2, 0) is 22.6 Å². The second-order valence-corrected chi connectivity index (χ2v) is 7.63. The van der Waals surface area contributed by atoms with Crippen molar-refractivity contribution in [2.24, 2.45) is 0 Å². The average molecular weight is 442 g/mol. The van der Waals surface area contributed by atoms with E-state index in [9.17, 15) is 19.5 Å². The smallest absolute Gasteiger partial charge is 0.408 e. The van der Waals surface area contributed by atoms with Crippen LogP contribution < -0.4 is 5.32 Å². The zero-order valence-corrected chi connectivity index (χ0v) is 17.7.